The molecule has 5 nitrogen and oxygen atoms in total. The fourth-order valence-corrected chi connectivity index (χ4v) is 2.17. The van der Waals surface area contributed by atoms with Crippen LogP contribution in [0.5, 0.6) is 0 Å². The Bertz CT molecular complexity index is 306. The van der Waals surface area contributed by atoms with Crippen molar-refractivity contribution in [3.63, 3.8) is 0 Å². The highest BCUT2D eigenvalue weighted by atomic mass is 16.3. The number of nitrogens with one attached hydrogen (secondary N) is 1. The zero-order valence-corrected chi connectivity index (χ0v) is 9.53. The maximum absolute atomic E-state index is 11.6. The Morgan fingerprint density at radius 3 is 2.56 bits per heavy atom. The number of rotatable bonds is 4. The molecule has 0 spiro atoms. The molecule has 0 aromatic rings. The average molecular weight is 226 g/mol. The molecular formula is C11H18N2O3. The van der Waals surface area contributed by atoms with Gasteiger partial charge in [0.25, 0.3) is 0 Å². The summed E-state index contributed by atoms with van der Waals surface area (Å²) in [6.45, 7) is 2.75. The predicted molar refractivity (Wildman–Crippen MR) is 57.6 cm³/mol. The van der Waals surface area contributed by atoms with Crippen molar-refractivity contribution < 1.29 is 14.7 Å². The topological polar surface area (TPSA) is 69.6 Å². The van der Waals surface area contributed by atoms with E-state index in [4.69, 9.17) is 0 Å². The number of hydrogen-bond acceptors (Lipinski definition) is 3. The molecule has 5 heteroatoms. The molecule has 1 saturated heterocycles. The smallest absolute Gasteiger partial charge is 0.224 e. The molecule has 1 aliphatic heterocycles. The quantitative estimate of drug-likeness (QED) is 0.678. The molecule has 16 heavy (non-hydrogen) atoms. The van der Waals surface area contributed by atoms with E-state index in [0.29, 0.717) is 32.0 Å². The van der Waals surface area contributed by atoms with Gasteiger partial charge in [-0.1, -0.05) is 0 Å². The zero-order valence-electron chi connectivity index (χ0n) is 9.53. The van der Waals surface area contributed by atoms with Gasteiger partial charge in [0.15, 0.2) is 0 Å². The molecule has 2 rings (SSSR count). The molecule has 0 bridgehead atoms. The van der Waals surface area contributed by atoms with Crippen LogP contribution in [0.15, 0.2) is 0 Å². The van der Waals surface area contributed by atoms with E-state index in [1.807, 2.05) is 0 Å². The van der Waals surface area contributed by atoms with E-state index in [9.17, 15) is 14.7 Å². The third-order valence-electron chi connectivity index (χ3n) is 3.33. The Labute approximate surface area is 94.8 Å². The number of likely N-dealkylation sites (tertiary alicyclic amines) is 1. The lowest BCUT2D eigenvalue weighted by molar-refractivity contribution is -0.159. The van der Waals surface area contributed by atoms with Crippen molar-refractivity contribution in [3.05, 3.63) is 0 Å². The summed E-state index contributed by atoms with van der Waals surface area (Å²) in [4.78, 5) is 23.9. The van der Waals surface area contributed by atoms with Crippen molar-refractivity contribution >= 4 is 11.8 Å². The highest BCUT2D eigenvalue weighted by molar-refractivity contribution is 5.79. The van der Waals surface area contributed by atoms with Gasteiger partial charge in [-0.05, 0) is 18.8 Å². The lowest BCUT2D eigenvalue weighted by Crippen LogP contribution is -2.64. The average Bonchev–Trinajstić information content (AvgIpc) is 2.95. The maximum atomic E-state index is 11.6. The molecule has 2 fully saturated rings. The van der Waals surface area contributed by atoms with Crippen LogP contribution in [0.4, 0.5) is 0 Å². The Morgan fingerprint density at radius 2 is 2.06 bits per heavy atom. The summed E-state index contributed by atoms with van der Waals surface area (Å²) in [5.74, 6) is 0.303. The van der Waals surface area contributed by atoms with Gasteiger partial charge < -0.3 is 15.3 Å². The minimum Gasteiger partial charge on any atom is -0.386 e. The first kappa shape index (κ1) is 11.4. The van der Waals surface area contributed by atoms with E-state index >= 15 is 0 Å². The van der Waals surface area contributed by atoms with Crippen LogP contribution in [0.2, 0.25) is 0 Å². The summed E-state index contributed by atoms with van der Waals surface area (Å²) in [6.07, 6.45) is 2.50. The van der Waals surface area contributed by atoms with Gasteiger partial charge in [-0.3, -0.25) is 9.59 Å². The molecular weight excluding hydrogens is 208 g/mol. The standard InChI is InChI=1S/C11H18N2O3/c1-8(14)12-5-4-10(15)13-6-11(16,7-13)9-2-3-9/h9,16H,2-7H2,1H3,(H,12,14). The van der Waals surface area contributed by atoms with Gasteiger partial charge in [0.1, 0.15) is 5.60 Å². The van der Waals surface area contributed by atoms with Crippen molar-refractivity contribution in [2.24, 2.45) is 5.92 Å². The van der Waals surface area contributed by atoms with Gasteiger partial charge in [0.2, 0.25) is 11.8 Å². The molecule has 1 aliphatic carbocycles. The van der Waals surface area contributed by atoms with Crippen molar-refractivity contribution in [1.82, 2.24) is 10.2 Å². The lowest BCUT2D eigenvalue weighted by atomic mass is 9.88. The Kier molecular flexibility index (Phi) is 2.88. The van der Waals surface area contributed by atoms with E-state index < -0.39 is 5.60 Å². The molecule has 0 aromatic carbocycles. The Morgan fingerprint density at radius 1 is 1.44 bits per heavy atom. The van der Waals surface area contributed by atoms with Crippen molar-refractivity contribution in [3.8, 4) is 0 Å². The van der Waals surface area contributed by atoms with E-state index in [0.717, 1.165) is 12.8 Å². The van der Waals surface area contributed by atoms with Crippen LogP contribution >= 0.6 is 0 Å². The molecule has 2 N–H and O–H groups in total. The van der Waals surface area contributed by atoms with Gasteiger partial charge >= 0.3 is 0 Å². The first-order valence-electron chi connectivity index (χ1n) is 5.76. The molecule has 1 heterocycles. The monoisotopic (exact) mass is 226 g/mol. The number of amides is 2. The molecule has 2 amide bonds. The first-order chi connectivity index (χ1) is 7.51. The number of carbonyl (C=O) groups is 2. The summed E-state index contributed by atoms with van der Waals surface area (Å²) in [7, 11) is 0. The zero-order chi connectivity index (χ0) is 11.8. The highest BCUT2D eigenvalue weighted by Gasteiger charge is 2.52. The van der Waals surface area contributed by atoms with Gasteiger partial charge in [-0.15, -0.1) is 0 Å². The molecule has 0 unspecified atom stereocenters. The van der Waals surface area contributed by atoms with Crippen molar-refractivity contribution in [2.45, 2.75) is 31.8 Å². The number of hydrogen-bond donors (Lipinski definition) is 2. The number of β-amino-alcohol motifs (C(OH)–C–C–N with tert-alkyl or cyclic N) is 1. The van der Waals surface area contributed by atoms with Crippen LogP contribution in [-0.2, 0) is 9.59 Å². The summed E-state index contributed by atoms with van der Waals surface area (Å²) < 4.78 is 0. The van der Waals surface area contributed by atoms with Crippen LogP contribution < -0.4 is 5.32 Å². The third-order valence-corrected chi connectivity index (χ3v) is 3.33. The molecule has 1 saturated carbocycles. The fourth-order valence-electron chi connectivity index (χ4n) is 2.17. The van der Waals surface area contributed by atoms with E-state index in [1.54, 1.807) is 4.90 Å². The summed E-state index contributed by atoms with van der Waals surface area (Å²) in [5, 5.41) is 12.6. The van der Waals surface area contributed by atoms with Gasteiger partial charge in [0, 0.05) is 19.9 Å². The summed E-state index contributed by atoms with van der Waals surface area (Å²) in [6, 6.07) is 0. The molecule has 0 aromatic heterocycles. The summed E-state index contributed by atoms with van der Waals surface area (Å²) >= 11 is 0. The minimum absolute atomic E-state index is 0.0130. The Balaban J connectivity index is 1.66. The first-order valence-corrected chi connectivity index (χ1v) is 5.76. The predicted octanol–water partition coefficient (Wildman–Crippen LogP) is -0.504. The number of carbonyl (C=O) groups excluding carboxylic acids is 2. The van der Waals surface area contributed by atoms with E-state index in [-0.39, 0.29) is 11.8 Å². The van der Waals surface area contributed by atoms with Gasteiger partial charge in [0.05, 0.1) is 13.1 Å². The lowest BCUT2D eigenvalue weighted by Gasteiger charge is -2.47. The number of aliphatic hydroxyl groups is 1. The SMILES string of the molecule is CC(=O)NCCC(=O)N1CC(O)(C2CC2)C1. The highest BCUT2D eigenvalue weighted by Crippen LogP contribution is 2.44. The third kappa shape index (κ3) is 2.35. The van der Waals surface area contributed by atoms with Crippen molar-refractivity contribution in [2.75, 3.05) is 19.6 Å². The minimum atomic E-state index is -0.607. The van der Waals surface area contributed by atoms with E-state index in [1.165, 1.54) is 6.92 Å². The van der Waals surface area contributed by atoms with Crippen LogP contribution in [0.3, 0.4) is 0 Å². The van der Waals surface area contributed by atoms with Crippen molar-refractivity contribution in [1.29, 1.82) is 0 Å². The Hall–Kier alpha value is -1.10. The second-order valence-corrected chi connectivity index (χ2v) is 4.86. The van der Waals surface area contributed by atoms with Crippen LogP contribution in [0.25, 0.3) is 0 Å². The molecule has 2 aliphatic rings. The number of nitrogens with zero attached hydrogens (tertiary/aromatic N) is 1. The van der Waals surface area contributed by atoms with Crippen LogP contribution in [-0.4, -0.2) is 47.1 Å². The summed E-state index contributed by atoms with van der Waals surface area (Å²) in [5.41, 5.74) is -0.607. The largest absolute Gasteiger partial charge is 0.386 e. The molecule has 0 radical (unpaired) electrons. The van der Waals surface area contributed by atoms with Gasteiger partial charge in [-0.2, -0.15) is 0 Å². The van der Waals surface area contributed by atoms with E-state index in [2.05, 4.69) is 5.32 Å². The normalized spacial score (nSPS) is 22.5. The van der Waals surface area contributed by atoms with Crippen LogP contribution in [0, 0.1) is 5.92 Å². The van der Waals surface area contributed by atoms with Gasteiger partial charge in [-0.25, -0.2) is 0 Å². The maximum Gasteiger partial charge on any atom is 0.224 e. The second kappa shape index (κ2) is 4.05. The van der Waals surface area contributed by atoms with Crippen LogP contribution in [0.1, 0.15) is 26.2 Å². The second-order valence-electron chi connectivity index (χ2n) is 4.86. The molecule has 0 atom stereocenters. The molecule has 90 valence electrons. The fraction of sp³-hybridized carbons (Fsp3) is 0.818.